The van der Waals surface area contributed by atoms with Crippen LogP contribution in [-0.2, 0) is 9.59 Å². The van der Waals surface area contributed by atoms with E-state index >= 15 is 0 Å². The number of allylic oxidation sites excluding steroid dienone is 2. The van der Waals surface area contributed by atoms with Gasteiger partial charge in [0.05, 0.1) is 29.5 Å². The third-order valence-electron chi connectivity index (χ3n) is 6.12. The van der Waals surface area contributed by atoms with Gasteiger partial charge in [-0.25, -0.2) is 5.01 Å². The molecule has 34 heavy (non-hydrogen) atoms. The number of methoxy groups -OCH3 is 1. The number of fused-ring (bicyclic) bond motifs is 1. The number of nitrogens with zero attached hydrogens (tertiary/aromatic N) is 2. The molecule has 2 atom stereocenters. The highest BCUT2D eigenvalue weighted by Gasteiger charge is 2.51. The maximum atomic E-state index is 13.6. The van der Waals surface area contributed by atoms with E-state index in [2.05, 4.69) is 0 Å². The summed E-state index contributed by atoms with van der Waals surface area (Å²) in [4.78, 5) is 53.4. The van der Waals surface area contributed by atoms with Crippen molar-refractivity contribution in [2.24, 2.45) is 11.8 Å². The lowest BCUT2D eigenvalue weighted by Crippen LogP contribution is -2.52. The topological polar surface area (TPSA) is 84.0 Å². The van der Waals surface area contributed by atoms with Crippen molar-refractivity contribution in [3.63, 3.8) is 0 Å². The predicted octanol–water partition coefficient (Wildman–Crippen LogP) is 4.58. The maximum Gasteiger partial charge on any atom is 0.274 e. The highest BCUT2D eigenvalue weighted by molar-refractivity contribution is 6.36. The first-order valence-corrected chi connectivity index (χ1v) is 11.4. The first-order chi connectivity index (χ1) is 16.2. The number of hydrazine groups is 1. The largest absolute Gasteiger partial charge is 0.497 e. The van der Waals surface area contributed by atoms with Crippen molar-refractivity contribution in [2.45, 2.75) is 19.8 Å². The van der Waals surface area contributed by atoms with Gasteiger partial charge in [0.15, 0.2) is 5.78 Å². The molecule has 2 aliphatic rings. The van der Waals surface area contributed by atoms with Crippen LogP contribution in [0.1, 0.15) is 40.5 Å². The SMILES string of the molecule is COc1cccc(C(=O)CN(C(=O)c2ccc(Cl)cc2Cl)N2C(=O)[C@@H]3CC=C(C)C[C@H]3C2=O)c1. The van der Waals surface area contributed by atoms with E-state index in [1.807, 2.05) is 13.0 Å². The van der Waals surface area contributed by atoms with Crippen LogP contribution in [0.4, 0.5) is 0 Å². The number of ether oxygens (including phenoxy) is 1. The second kappa shape index (κ2) is 9.60. The summed E-state index contributed by atoms with van der Waals surface area (Å²) in [6, 6.07) is 10.7. The molecule has 1 aliphatic carbocycles. The lowest BCUT2D eigenvalue weighted by molar-refractivity contribution is -0.154. The van der Waals surface area contributed by atoms with E-state index in [0.717, 1.165) is 15.6 Å². The molecule has 2 aromatic carbocycles. The predicted molar refractivity (Wildman–Crippen MR) is 127 cm³/mol. The number of hydrogen-bond acceptors (Lipinski definition) is 5. The van der Waals surface area contributed by atoms with E-state index in [1.165, 1.54) is 31.4 Å². The summed E-state index contributed by atoms with van der Waals surface area (Å²) >= 11 is 12.2. The van der Waals surface area contributed by atoms with Gasteiger partial charge < -0.3 is 4.74 Å². The van der Waals surface area contributed by atoms with Crippen molar-refractivity contribution in [2.75, 3.05) is 13.7 Å². The fourth-order valence-corrected chi connectivity index (χ4v) is 4.81. The highest BCUT2D eigenvalue weighted by atomic mass is 35.5. The Bertz CT molecular complexity index is 1230. The normalized spacial score (nSPS) is 19.5. The van der Waals surface area contributed by atoms with E-state index in [1.54, 1.807) is 18.2 Å². The zero-order valence-electron chi connectivity index (χ0n) is 18.6. The average molecular weight is 501 g/mol. The number of rotatable bonds is 6. The summed E-state index contributed by atoms with van der Waals surface area (Å²) in [5.41, 5.74) is 1.30. The van der Waals surface area contributed by atoms with Crippen LogP contribution in [-0.4, -0.2) is 47.2 Å². The summed E-state index contributed by atoms with van der Waals surface area (Å²) < 4.78 is 5.17. The minimum atomic E-state index is -0.747. The van der Waals surface area contributed by atoms with Crippen molar-refractivity contribution >= 4 is 46.7 Å². The number of carbonyl (C=O) groups is 4. The Balaban J connectivity index is 1.72. The standard InChI is InChI=1S/C25H22Cl2N2O5/c1-14-6-8-18-20(10-14)25(33)29(24(18)32)28(23(31)19-9-7-16(26)12-21(19)27)13-22(30)15-4-3-5-17(11-15)34-2/h3-7,9,11-12,18,20H,8,10,13H2,1-2H3/t18-,20-/m1/s1. The first kappa shape index (κ1) is 24.0. The molecule has 1 heterocycles. The van der Waals surface area contributed by atoms with Crippen LogP contribution in [0.2, 0.25) is 10.0 Å². The molecule has 0 bridgehead atoms. The van der Waals surface area contributed by atoms with Gasteiger partial charge in [-0.3, -0.25) is 19.2 Å². The number of benzene rings is 2. The molecule has 9 heteroatoms. The summed E-state index contributed by atoms with van der Waals surface area (Å²) in [5, 5.41) is 2.09. The number of carbonyl (C=O) groups excluding carboxylic acids is 4. The molecule has 1 aliphatic heterocycles. The van der Waals surface area contributed by atoms with Crippen LogP contribution in [0.15, 0.2) is 54.1 Å². The van der Waals surface area contributed by atoms with E-state index in [9.17, 15) is 19.2 Å². The molecule has 0 aromatic heterocycles. The van der Waals surface area contributed by atoms with Gasteiger partial charge in [0, 0.05) is 10.6 Å². The third-order valence-corrected chi connectivity index (χ3v) is 6.67. The van der Waals surface area contributed by atoms with Gasteiger partial charge in [-0.15, -0.1) is 0 Å². The zero-order valence-corrected chi connectivity index (χ0v) is 20.1. The van der Waals surface area contributed by atoms with Crippen molar-refractivity contribution in [3.8, 4) is 5.75 Å². The zero-order chi connectivity index (χ0) is 24.6. The second-order valence-corrected chi connectivity index (χ2v) is 9.18. The van der Waals surface area contributed by atoms with Gasteiger partial charge >= 0.3 is 0 Å². The maximum absolute atomic E-state index is 13.6. The molecule has 0 unspecified atom stereocenters. The van der Waals surface area contributed by atoms with Crippen molar-refractivity contribution in [1.82, 2.24) is 10.0 Å². The molecule has 1 saturated heterocycles. The molecule has 7 nitrogen and oxygen atoms in total. The van der Waals surface area contributed by atoms with Crippen LogP contribution in [0, 0.1) is 11.8 Å². The lowest BCUT2D eigenvalue weighted by Gasteiger charge is -2.30. The van der Waals surface area contributed by atoms with Crippen LogP contribution < -0.4 is 4.74 Å². The van der Waals surface area contributed by atoms with E-state index in [4.69, 9.17) is 27.9 Å². The number of amides is 3. The van der Waals surface area contributed by atoms with Gasteiger partial charge in [-0.1, -0.05) is 47.0 Å². The van der Waals surface area contributed by atoms with Gasteiger partial charge in [0.1, 0.15) is 12.3 Å². The Morgan fingerprint density at radius 3 is 2.53 bits per heavy atom. The summed E-state index contributed by atoms with van der Waals surface area (Å²) in [6.45, 7) is 1.37. The first-order valence-electron chi connectivity index (χ1n) is 10.7. The van der Waals surface area contributed by atoms with Crippen molar-refractivity contribution in [3.05, 3.63) is 75.3 Å². The number of halogens is 2. The molecule has 1 fully saturated rings. The van der Waals surface area contributed by atoms with Crippen LogP contribution in [0.25, 0.3) is 0 Å². The molecule has 0 saturated carbocycles. The Hall–Kier alpha value is -3.16. The lowest BCUT2D eigenvalue weighted by atomic mass is 9.82. The van der Waals surface area contributed by atoms with E-state index in [0.29, 0.717) is 23.6 Å². The third kappa shape index (κ3) is 4.45. The second-order valence-electron chi connectivity index (χ2n) is 8.33. The van der Waals surface area contributed by atoms with Crippen LogP contribution >= 0.6 is 23.2 Å². The molecular weight excluding hydrogens is 479 g/mol. The van der Waals surface area contributed by atoms with Crippen LogP contribution in [0.5, 0.6) is 5.75 Å². The van der Waals surface area contributed by atoms with E-state index < -0.39 is 41.9 Å². The fraction of sp³-hybridized carbons (Fsp3) is 0.280. The number of hydrogen-bond donors (Lipinski definition) is 0. The Kier molecular flexibility index (Phi) is 6.77. The van der Waals surface area contributed by atoms with Gasteiger partial charge in [0.2, 0.25) is 0 Å². The van der Waals surface area contributed by atoms with Crippen molar-refractivity contribution < 1.29 is 23.9 Å². The summed E-state index contributed by atoms with van der Waals surface area (Å²) in [6.07, 6.45) is 2.77. The Labute approximate surface area is 206 Å². The van der Waals surface area contributed by atoms with Crippen molar-refractivity contribution in [1.29, 1.82) is 0 Å². The molecule has 4 rings (SSSR count). The average Bonchev–Trinajstić information content (AvgIpc) is 3.06. The Morgan fingerprint density at radius 2 is 1.82 bits per heavy atom. The molecular formula is C25H22Cl2N2O5. The minimum Gasteiger partial charge on any atom is -0.497 e. The fourth-order valence-electron chi connectivity index (χ4n) is 4.32. The molecule has 3 amide bonds. The molecule has 176 valence electrons. The minimum absolute atomic E-state index is 0.0225. The summed E-state index contributed by atoms with van der Waals surface area (Å²) in [5.74, 6) is -2.90. The van der Waals surface area contributed by atoms with E-state index in [-0.39, 0.29) is 16.1 Å². The number of Topliss-reactive ketones (excluding diaryl/α,β-unsaturated/α-hetero) is 1. The molecule has 0 spiro atoms. The monoisotopic (exact) mass is 500 g/mol. The Morgan fingerprint density at radius 1 is 1.09 bits per heavy atom. The van der Waals surface area contributed by atoms with Gasteiger partial charge in [-0.2, -0.15) is 5.01 Å². The smallest absolute Gasteiger partial charge is 0.274 e. The quantitative estimate of drug-likeness (QED) is 0.329. The van der Waals surface area contributed by atoms with Gasteiger partial charge in [0.25, 0.3) is 17.7 Å². The molecule has 2 aromatic rings. The van der Waals surface area contributed by atoms with Crippen LogP contribution in [0.3, 0.4) is 0 Å². The molecule has 0 N–H and O–H groups in total. The number of ketones is 1. The van der Waals surface area contributed by atoms with Gasteiger partial charge in [-0.05, 0) is 50.1 Å². The molecule has 0 radical (unpaired) electrons. The highest BCUT2D eigenvalue weighted by Crippen LogP contribution is 2.39. The number of imide groups is 1. The summed E-state index contributed by atoms with van der Waals surface area (Å²) in [7, 11) is 1.47.